The molecule has 0 aliphatic heterocycles. The summed E-state index contributed by atoms with van der Waals surface area (Å²) in [7, 11) is 0. The fourth-order valence-electron chi connectivity index (χ4n) is 1.94. The molecular weight excluding hydrogens is 276 g/mol. The van der Waals surface area contributed by atoms with Gasteiger partial charge < -0.3 is 10.6 Å². The Labute approximate surface area is 133 Å². The van der Waals surface area contributed by atoms with Crippen LogP contribution < -0.4 is 10.6 Å². The molecule has 22 heavy (non-hydrogen) atoms. The molecule has 1 rings (SSSR count). The molecule has 0 aliphatic carbocycles. The molecule has 1 aromatic carbocycles. The Balaban J connectivity index is 2.61. The first-order valence-corrected chi connectivity index (χ1v) is 7.85. The van der Waals surface area contributed by atoms with Gasteiger partial charge in [-0.05, 0) is 31.4 Å². The van der Waals surface area contributed by atoms with Crippen molar-refractivity contribution in [3.05, 3.63) is 35.4 Å². The first-order valence-electron chi connectivity index (χ1n) is 7.85. The van der Waals surface area contributed by atoms with Gasteiger partial charge in [0.15, 0.2) is 0 Å². The van der Waals surface area contributed by atoms with Crippen molar-refractivity contribution >= 4 is 11.8 Å². The third-order valence-corrected chi connectivity index (χ3v) is 3.67. The zero-order chi connectivity index (χ0) is 16.9. The second-order valence-electron chi connectivity index (χ2n) is 6.77. The van der Waals surface area contributed by atoms with E-state index in [1.165, 1.54) is 5.56 Å². The monoisotopic (exact) mass is 304 g/mol. The molecule has 0 saturated heterocycles. The lowest BCUT2D eigenvalue weighted by Crippen LogP contribution is -2.48. The van der Waals surface area contributed by atoms with Crippen molar-refractivity contribution in [3.63, 3.8) is 0 Å². The van der Waals surface area contributed by atoms with Crippen LogP contribution in [0.1, 0.15) is 58.7 Å². The Morgan fingerprint density at radius 2 is 1.59 bits per heavy atom. The van der Waals surface area contributed by atoms with Crippen LogP contribution in [0, 0.1) is 5.41 Å². The number of benzene rings is 1. The van der Waals surface area contributed by atoms with Crippen molar-refractivity contribution in [1.82, 2.24) is 10.6 Å². The van der Waals surface area contributed by atoms with Gasteiger partial charge in [-0.15, -0.1) is 0 Å². The standard InChI is InChI=1S/C18H28N2O2/c1-7-14-8-10-15(11-9-14)12(2)19-16(21)13(3)20-17(22)18(4,5)6/h8-13H,7H2,1-6H3,(H,19,21)(H,20,22). The van der Waals surface area contributed by atoms with Gasteiger partial charge in [-0.2, -0.15) is 0 Å². The average molecular weight is 304 g/mol. The van der Waals surface area contributed by atoms with Gasteiger partial charge in [-0.3, -0.25) is 9.59 Å². The quantitative estimate of drug-likeness (QED) is 0.878. The summed E-state index contributed by atoms with van der Waals surface area (Å²) in [6, 6.07) is 7.56. The zero-order valence-electron chi connectivity index (χ0n) is 14.5. The van der Waals surface area contributed by atoms with E-state index in [0.717, 1.165) is 12.0 Å². The van der Waals surface area contributed by atoms with Crippen LogP contribution in [0.15, 0.2) is 24.3 Å². The molecule has 0 aromatic heterocycles. The van der Waals surface area contributed by atoms with E-state index in [2.05, 4.69) is 29.7 Å². The summed E-state index contributed by atoms with van der Waals surface area (Å²) in [5, 5.41) is 5.68. The van der Waals surface area contributed by atoms with E-state index >= 15 is 0 Å². The van der Waals surface area contributed by atoms with Crippen molar-refractivity contribution in [2.45, 2.75) is 60.0 Å². The number of carbonyl (C=O) groups is 2. The SMILES string of the molecule is CCc1ccc(C(C)NC(=O)C(C)NC(=O)C(C)(C)C)cc1. The van der Waals surface area contributed by atoms with Crippen molar-refractivity contribution < 1.29 is 9.59 Å². The molecule has 0 radical (unpaired) electrons. The Hall–Kier alpha value is -1.84. The lowest BCUT2D eigenvalue weighted by atomic mass is 9.95. The van der Waals surface area contributed by atoms with E-state index in [4.69, 9.17) is 0 Å². The molecule has 2 N–H and O–H groups in total. The minimum atomic E-state index is -0.552. The lowest BCUT2D eigenvalue weighted by Gasteiger charge is -2.23. The van der Waals surface area contributed by atoms with Crippen LogP contribution in [-0.4, -0.2) is 17.9 Å². The van der Waals surface area contributed by atoms with Gasteiger partial charge in [-0.25, -0.2) is 0 Å². The molecule has 2 amide bonds. The number of amides is 2. The third kappa shape index (κ3) is 5.17. The second-order valence-corrected chi connectivity index (χ2v) is 6.77. The van der Waals surface area contributed by atoms with Crippen LogP contribution in [-0.2, 0) is 16.0 Å². The van der Waals surface area contributed by atoms with Crippen LogP contribution in [0.4, 0.5) is 0 Å². The highest BCUT2D eigenvalue weighted by Crippen LogP contribution is 2.15. The van der Waals surface area contributed by atoms with Crippen molar-refractivity contribution in [2.24, 2.45) is 5.41 Å². The fourth-order valence-corrected chi connectivity index (χ4v) is 1.94. The van der Waals surface area contributed by atoms with E-state index in [9.17, 15) is 9.59 Å². The molecule has 0 heterocycles. The summed E-state index contributed by atoms with van der Waals surface area (Å²) in [4.78, 5) is 24.1. The number of nitrogens with one attached hydrogen (secondary N) is 2. The first kappa shape index (κ1) is 18.2. The molecule has 0 fully saturated rings. The summed E-state index contributed by atoms with van der Waals surface area (Å²) in [5.41, 5.74) is 1.82. The first-order chi connectivity index (χ1) is 10.1. The van der Waals surface area contributed by atoms with E-state index in [-0.39, 0.29) is 17.9 Å². The normalized spacial score (nSPS) is 14.1. The summed E-state index contributed by atoms with van der Waals surface area (Å²) in [6.45, 7) is 11.2. The van der Waals surface area contributed by atoms with Gasteiger partial charge in [0.1, 0.15) is 6.04 Å². The van der Waals surface area contributed by atoms with Crippen LogP contribution >= 0.6 is 0 Å². The summed E-state index contributed by atoms with van der Waals surface area (Å²) < 4.78 is 0. The average Bonchev–Trinajstić information content (AvgIpc) is 2.46. The predicted octanol–water partition coefficient (Wildman–Crippen LogP) is 2.98. The Kier molecular flexibility index (Phi) is 6.15. The molecule has 1 aromatic rings. The van der Waals surface area contributed by atoms with Crippen molar-refractivity contribution in [3.8, 4) is 0 Å². The molecular formula is C18H28N2O2. The molecule has 0 spiro atoms. The molecule has 2 unspecified atom stereocenters. The molecule has 0 bridgehead atoms. The highest BCUT2D eigenvalue weighted by molar-refractivity contribution is 5.89. The molecule has 4 heteroatoms. The minimum absolute atomic E-state index is 0.0904. The van der Waals surface area contributed by atoms with Gasteiger partial charge in [0.25, 0.3) is 0 Å². The molecule has 122 valence electrons. The van der Waals surface area contributed by atoms with Crippen LogP contribution in [0.3, 0.4) is 0 Å². The maximum absolute atomic E-state index is 12.2. The predicted molar refractivity (Wildman–Crippen MR) is 89.4 cm³/mol. The molecule has 0 saturated carbocycles. The van der Waals surface area contributed by atoms with E-state index in [1.807, 2.05) is 39.8 Å². The second kappa shape index (κ2) is 7.43. The van der Waals surface area contributed by atoms with E-state index in [0.29, 0.717) is 0 Å². The van der Waals surface area contributed by atoms with Gasteiger partial charge in [0.2, 0.25) is 11.8 Å². The van der Waals surface area contributed by atoms with Crippen molar-refractivity contribution in [2.75, 3.05) is 0 Å². The molecule has 4 nitrogen and oxygen atoms in total. The third-order valence-electron chi connectivity index (χ3n) is 3.67. The Bertz CT molecular complexity index is 515. The van der Waals surface area contributed by atoms with Crippen LogP contribution in [0.2, 0.25) is 0 Å². The van der Waals surface area contributed by atoms with Crippen LogP contribution in [0.25, 0.3) is 0 Å². The van der Waals surface area contributed by atoms with E-state index < -0.39 is 11.5 Å². The number of aryl methyl sites for hydroxylation is 1. The van der Waals surface area contributed by atoms with Gasteiger partial charge >= 0.3 is 0 Å². The van der Waals surface area contributed by atoms with Gasteiger partial charge in [0.05, 0.1) is 6.04 Å². The fraction of sp³-hybridized carbons (Fsp3) is 0.556. The van der Waals surface area contributed by atoms with Gasteiger partial charge in [0, 0.05) is 5.41 Å². The molecule has 0 aliphatic rings. The number of hydrogen-bond donors (Lipinski definition) is 2. The number of rotatable bonds is 5. The van der Waals surface area contributed by atoms with Crippen molar-refractivity contribution in [1.29, 1.82) is 0 Å². The summed E-state index contributed by atoms with van der Waals surface area (Å²) in [6.07, 6.45) is 0.997. The zero-order valence-corrected chi connectivity index (χ0v) is 14.5. The highest BCUT2D eigenvalue weighted by atomic mass is 16.2. The summed E-state index contributed by atoms with van der Waals surface area (Å²) in [5.74, 6) is -0.306. The highest BCUT2D eigenvalue weighted by Gasteiger charge is 2.25. The Morgan fingerprint density at radius 1 is 1.05 bits per heavy atom. The topological polar surface area (TPSA) is 58.2 Å². The maximum Gasteiger partial charge on any atom is 0.242 e. The summed E-state index contributed by atoms with van der Waals surface area (Å²) >= 11 is 0. The van der Waals surface area contributed by atoms with Crippen LogP contribution in [0.5, 0.6) is 0 Å². The maximum atomic E-state index is 12.2. The molecule has 2 atom stereocenters. The number of hydrogen-bond acceptors (Lipinski definition) is 2. The number of carbonyl (C=O) groups excluding carboxylic acids is 2. The minimum Gasteiger partial charge on any atom is -0.348 e. The Morgan fingerprint density at radius 3 is 2.05 bits per heavy atom. The lowest BCUT2D eigenvalue weighted by molar-refractivity contribution is -0.133. The smallest absolute Gasteiger partial charge is 0.242 e. The largest absolute Gasteiger partial charge is 0.348 e. The van der Waals surface area contributed by atoms with E-state index in [1.54, 1.807) is 6.92 Å². The van der Waals surface area contributed by atoms with Gasteiger partial charge in [-0.1, -0.05) is 52.0 Å².